The Morgan fingerprint density at radius 1 is 0.857 bits per heavy atom. The largest absolute Gasteiger partial charge is 0.446 e. The van der Waals surface area contributed by atoms with Crippen LogP contribution < -0.4 is 0 Å². The van der Waals surface area contributed by atoms with Gasteiger partial charge in [0.1, 0.15) is 5.76 Å². The summed E-state index contributed by atoms with van der Waals surface area (Å²) in [6.45, 7) is 0. The van der Waals surface area contributed by atoms with Crippen LogP contribution in [0.4, 0.5) is 0 Å². The molecular weight excluding hydrogens is 288 g/mol. The maximum absolute atomic E-state index is 11.0. The third kappa shape index (κ3) is 1.97. The lowest BCUT2D eigenvalue weighted by Gasteiger charge is -2.39. The molecule has 0 aliphatic heterocycles. The Bertz CT molecular complexity index is 845. The van der Waals surface area contributed by atoms with Crippen molar-refractivity contribution in [3.05, 3.63) is 82.7 Å². The van der Waals surface area contributed by atoms with Crippen molar-refractivity contribution in [1.29, 1.82) is 0 Å². The number of hydrogen-bond donors (Lipinski definition) is 1. The molecule has 0 amide bonds. The molecule has 0 saturated carbocycles. The summed E-state index contributed by atoms with van der Waals surface area (Å²) in [7, 11) is -4.52. The molecule has 0 spiro atoms. The molecule has 0 saturated heterocycles. The topological polar surface area (TPSA) is 63.6 Å². The van der Waals surface area contributed by atoms with Gasteiger partial charge in [-0.05, 0) is 22.8 Å². The molecular formula is C16H12O4S. The average Bonchev–Trinajstić information content (AvgIpc) is 2.45. The Kier molecular flexibility index (Phi) is 2.52. The van der Waals surface area contributed by atoms with Crippen LogP contribution in [0.15, 0.2) is 82.7 Å². The highest BCUT2D eigenvalue weighted by molar-refractivity contribution is 7.81. The summed E-state index contributed by atoms with van der Waals surface area (Å²) < 4.78 is 35.7. The van der Waals surface area contributed by atoms with Crippen molar-refractivity contribution >= 4 is 10.4 Å². The smallest absolute Gasteiger partial charge is 0.361 e. The second kappa shape index (κ2) is 4.19. The summed E-state index contributed by atoms with van der Waals surface area (Å²) in [4.78, 5) is 0. The van der Waals surface area contributed by atoms with Crippen LogP contribution in [-0.4, -0.2) is 13.0 Å². The maximum Gasteiger partial charge on any atom is 0.446 e. The van der Waals surface area contributed by atoms with E-state index in [0.29, 0.717) is 0 Å². The van der Waals surface area contributed by atoms with Crippen molar-refractivity contribution in [2.45, 2.75) is 0 Å². The summed E-state index contributed by atoms with van der Waals surface area (Å²) in [5.74, 6) is 0.402. The van der Waals surface area contributed by atoms with Crippen LogP contribution in [0.5, 0.6) is 0 Å². The van der Waals surface area contributed by atoms with Gasteiger partial charge in [0.25, 0.3) is 0 Å². The molecule has 4 aliphatic carbocycles. The van der Waals surface area contributed by atoms with Crippen molar-refractivity contribution in [2.75, 3.05) is 0 Å². The Morgan fingerprint density at radius 2 is 1.52 bits per heavy atom. The third-order valence-corrected chi connectivity index (χ3v) is 4.54. The van der Waals surface area contributed by atoms with Gasteiger partial charge in [0.15, 0.2) is 0 Å². The first kappa shape index (κ1) is 12.6. The van der Waals surface area contributed by atoms with Crippen molar-refractivity contribution < 1.29 is 17.2 Å². The first-order chi connectivity index (χ1) is 10.0. The van der Waals surface area contributed by atoms with Gasteiger partial charge in [-0.15, -0.1) is 0 Å². The van der Waals surface area contributed by atoms with Gasteiger partial charge in [-0.2, -0.15) is 8.42 Å². The molecule has 4 nitrogen and oxygen atoms in total. The van der Waals surface area contributed by atoms with Crippen molar-refractivity contribution in [1.82, 2.24) is 0 Å². The molecule has 0 fully saturated rings. The third-order valence-electron chi connectivity index (χ3n) is 4.15. The van der Waals surface area contributed by atoms with E-state index in [-0.39, 0.29) is 17.6 Å². The van der Waals surface area contributed by atoms with E-state index in [1.165, 1.54) is 11.1 Å². The molecule has 21 heavy (non-hydrogen) atoms. The van der Waals surface area contributed by atoms with Crippen LogP contribution in [0.1, 0.15) is 0 Å². The first-order valence-corrected chi connectivity index (χ1v) is 7.97. The van der Waals surface area contributed by atoms with Gasteiger partial charge in [0, 0.05) is 17.4 Å². The van der Waals surface area contributed by atoms with Crippen molar-refractivity contribution in [2.24, 2.45) is 11.8 Å². The first-order valence-electron chi connectivity index (χ1n) is 6.60. The highest BCUT2D eigenvalue weighted by Crippen LogP contribution is 2.49. The average molecular weight is 300 g/mol. The molecule has 2 atom stereocenters. The lowest BCUT2D eigenvalue weighted by molar-refractivity contribution is 0.333. The van der Waals surface area contributed by atoms with E-state index in [1.807, 2.05) is 30.4 Å². The van der Waals surface area contributed by atoms with E-state index in [1.54, 1.807) is 6.08 Å². The summed E-state index contributed by atoms with van der Waals surface area (Å²) in [6, 6.07) is 0. The standard InChI is InChI=1S/C16H12O4S/c17-21(18,19)20-14-9-7-12-5-4-10-2-1-3-11-6-8-13(14)16(12)15(10)11/h1-9,15-16H,(H,17,18,19). The van der Waals surface area contributed by atoms with Crippen LogP contribution in [0.3, 0.4) is 0 Å². The van der Waals surface area contributed by atoms with Gasteiger partial charge in [-0.3, -0.25) is 4.55 Å². The molecule has 0 aromatic rings. The molecule has 0 heterocycles. The minimum Gasteiger partial charge on any atom is -0.361 e. The van der Waals surface area contributed by atoms with Crippen LogP contribution in [-0.2, 0) is 14.6 Å². The Morgan fingerprint density at radius 3 is 2.29 bits per heavy atom. The second-order valence-electron chi connectivity index (χ2n) is 5.31. The molecule has 0 aromatic carbocycles. The highest BCUT2D eigenvalue weighted by atomic mass is 32.3. The predicted molar refractivity (Wildman–Crippen MR) is 78.3 cm³/mol. The minimum atomic E-state index is -4.52. The molecule has 106 valence electrons. The summed E-state index contributed by atoms with van der Waals surface area (Å²) in [6.07, 6.45) is 17.6. The zero-order valence-corrected chi connectivity index (χ0v) is 11.7. The van der Waals surface area contributed by atoms with Gasteiger partial charge in [-0.1, -0.05) is 48.6 Å². The highest BCUT2D eigenvalue weighted by Gasteiger charge is 2.39. The fourth-order valence-electron chi connectivity index (χ4n) is 3.36. The number of hydrogen-bond acceptors (Lipinski definition) is 3. The minimum absolute atomic E-state index is 0.0351. The zero-order valence-electron chi connectivity index (χ0n) is 10.9. The van der Waals surface area contributed by atoms with Crippen LogP contribution in [0, 0.1) is 11.8 Å². The van der Waals surface area contributed by atoms with Crippen LogP contribution >= 0.6 is 0 Å². The van der Waals surface area contributed by atoms with E-state index < -0.39 is 10.4 Å². The Labute approximate surface area is 122 Å². The van der Waals surface area contributed by atoms with E-state index in [2.05, 4.69) is 18.2 Å². The fraction of sp³-hybridized carbons (Fsp3) is 0.125. The quantitative estimate of drug-likeness (QED) is 0.797. The zero-order chi connectivity index (χ0) is 14.6. The molecule has 2 unspecified atom stereocenters. The summed E-state index contributed by atoms with van der Waals surface area (Å²) >= 11 is 0. The molecule has 1 N–H and O–H groups in total. The molecule has 0 aromatic heterocycles. The van der Waals surface area contributed by atoms with Gasteiger partial charge in [-0.25, -0.2) is 0 Å². The maximum atomic E-state index is 11.0. The van der Waals surface area contributed by atoms with Crippen molar-refractivity contribution in [3.63, 3.8) is 0 Å². The molecule has 0 radical (unpaired) electrons. The summed E-state index contributed by atoms with van der Waals surface area (Å²) in [5.41, 5.74) is 4.30. The van der Waals surface area contributed by atoms with Crippen LogP contribution in [0.2, 0.25) is 0 Å². The van der Waals surface area contributed by atoms with Crippen LogP contribution in [0.25, 0.3) is 0 Å². The normalized spacial score (nSPS) is 28.7. The van der Waals surface area contributed by atoms with E-state index >= 15 is 0 Å². The SMILES string of the molecule is O=S(=O)(O)OC1=C2C=CC3=CC=CC4=CC=C(C=C1)C2C34. The fourth-order valence-corrected chi connectivity index (χ4v) is 3.74. The van der Waals surface area contributed by atoms with Gasteiger partial charge < -0.3 is 4.18 Å². The second-order valence-corrected chi connectivity index (χ2v) is 6.33. The predicted octanol–water partition coefficient (Wildman–Crippen LogP) is 2.79. The molecule has 0 bridgehead atoms. The van der Waals surface area contributed by atoms with Crippen molar-refractivity contribution in [3.8, 4) is 0 Å². The lowest BCUT2D eigenvalue weighted by atomic mass is 9.64. The monoisotopic (exact) mass is 300 g/mol. The molecule has 4 rings (SSSR count). The Balaban J connectivity index is 1.91. The van der Waals surface area contributed by atoms with Gasteiger partial charge in [0.05, 0.1) is 0 Å². The number of allylic oxidation sites excluding steroid dienone is 13. The summed E-state index contributed by atoms with van der Waals surface area (Å²) in [5, 5.41) is 0. The Hall–Kier alpha value is -2.11. The van der Waals surface area contributed by atoms with E-state index in [4.69, 9.17) is 8.74 Å². The van der Waals surface area contributed by atoms with E-state index in [9.17, 15) is 8.42 Å². The lowest BCUT2D eigenvalue weighted by Crippen LogP contribution is -2.29. The van der Waals surface area contributed by atoms with Gasteiger partial charge >= 0.3 is 10.4 Å². The molecule has 5 heteroatoms. The number of rotatable bonds is 2. The molecule has 4 aliphatic rings. The van der Waals surface area contributed by atoms with Gasteiger partial charge in [0.2, 0.25) is 0 Å². The van der Waals surface area contributed by atoms with E-state index in [0.717, 1.165) is 11.1 Å².